The molecule has 2 heterocycles. The van der Waals surface area contributed by atoms with Gasteiger partial charge in [-0.2, -0.15) is 0 Å². The van der Waals surface area contributed by atoms with Crippen LogP contribution in [-0.4, -0.2) is 31.8 Å². The molecule has 9 heavy (non-hydrogen) atoms. The van der Waals surface area contributed by atoms with E-state index in [0.29, 0.717) is 6.17 Å². The third-order valence-electron chi connectivity index (χ3n) is 2.06. The number of fused-ring (bicyclic) bond motifs is 2. The molecule has 0 saturated carbocycles. The van der Waals surface area contributed by atoms with Gasteiger partial charge in [-0.15, -0.1) is 0 Å². The lowest BCUT2D eigenvalue weighted by atomic mass is 10.1. The van der Waals surface area contributed by atoms with Crippen LogP contribution in [0, 0.1) is 0 Å². The molecule has 0 spiro atoms. The van der Waals surface area contributed by atoms with Crippen molar-refractivity contribution in [1.29, 1.82) is 0 Å². The van der Waals surface area contributed by atoms with Crippen LogP contribution >= 0.6 is 0 Å². The predicted molar refractivity (Wildman–Crippen MR) is 36.2 cm³/mol. The van der Waals surface area contributed by atoms with E-state index in [1.165, 1.54) is 13.0 Å². The van der Waals surface area contributed by atoms with Crippen LogP contribution in [-0.2, 0) is 0 Å². The van der Waals surface area contributed by atoms with Crippen molar-refractivity contribution in [2.24, 2.45) is 0 Å². The molecule has 2 atom stereocenters. The second-order valence-corrected chi connectivity index (χ2v) is 2.82. The molecule has 2 aliphatic heterocycles. The van der Waals surface area contributed by atoms with Crippen LogP contribution in [0.25, 0.3) is 0 Å². The quantitative estimate of drug-likeness (QED) is 0.385. The largest absolute Gasteiger partial charge is 0.312 e. The lowest BCUT2D eigenvalue weighted by Crippen LogP contribution is -2.64. The van der Waals surface area contributed by atoms with E-state index in [1.807, 2.05) is 0 Å². The van der Waals surface area contributed by atoms with Crippen molar-refractivity contribution >= 4 is 0 Å². The summed E-state index contributed by atoms with van der Waals surface area (Å²) in [7, 11) is 0. The molecule has 0 aromatic heterocycles. The summed E-state index contributed by atoms with van der Waals surface area (Å²) < 4.78 is 0. The Morgan fingerprint density at radius 3 is 3.00 bits per heavy atom. The Labute approximate surface area is 55.2 Å². The van der Waals surface area contributed by atoms with Crippen LogP contribution in [0.1, 0.15) is 6.42 Å². The Hall–Kier alpha value is -0.120. The molecule has 2 aliphatic rings. The van der Waals surface area contributed by atoms with Gasteiger partial charge in [0.1, 0.15) is 0 Å². The van der Waals surface area contributed by atoms with Gasteiger partial charge in [0.05, 0.1) is 6.17 Å². The van der Waals surface area contributed by atoms with E-state index >= 15 is 0 Å². The van der Waals surface area contributed by atoms with E-state index < -0.39 is 0 Å². The van der Waals surface area contributed by atoms with Crippen molar-refractivity contribution in [3.63, 3.8) is 0 Å². The van der Waals surface area contributed by atoms with Gasteiger partial charge in [0.15, 0.2) is 0 Å². The third-order valence-corrected chi connectivity index (χ3v) is 2.06. The standard InChI is InChI=1S/C6H13N3/c1-2-8-6-4-7-3-5(1)9-6/h5-9H,1-4H2. The Kier molecular flexibility index (Phi) is 1.41. The van der Waals surface area contributed by atoms with Gasteiger partial charge >= 0.3 is 0 Å². The van der Waals surface area contributed by atoms with Crippen LogP contribution in [0.2, 0.25) is 0 Å². The lowest BCUT2D eigenvalue weighted by molar-refractivity contribution is 0.242. The van der Waals surface area contributed by atoms with Gasteiger partial charge < -0.3 is 10.6 Å². The SMILES string of the molecule is C1CC2CNCC(N1)N2. The molecule has 3 N–H and O–H groups in total. The molecule has 52 valence electrons. The molecule has 0 aromatic rings. The predicted octanol–water partition coefficient (Wildman–Crippen LogP) is -1.13. The normalized spacial score (nSPS) is 42.7. The fraction of sp³-hybridized carbons (Fsp3) is 1.00. The summed E-state index contributed by atoms with van der Waals surface area (Å²) in [5, 5.41) is 10.2. The molecule has 0 aliphatic carbocycles. The zero-order chi connectivity index (χ0) is 6.10. The Morgan fingerprint density at radius 2 is 2.22 bits per heavy atom. The summed E-state index contributed by atoms with van der Waals surface area (Å²) in [5.41, 5.74) is 0. The van der Waals surface area contributed by atoms with Crippen molar-refractivity contribution in [3.8, 4) is 0 Å². The van der Waals surface area contributed by atoms with Crippen molar-refractivity contribution in [2.45, 2.75) is 18.6 Å². The molecule has 3 heteroatoms. The Balaban J connectivity index is 1.96. The molecule has 3 nitrogen and oxygen atoms in total. The van der Waals surface area contributed by atoms with Gasteiger partial charge in [-0.25, -0.2) is 0 Å². The summed E-state index contributed by atoms with van der Waals surface area (Å²) in [6.07, 6.45) is 1.81. The highest BCUT2D eigenvalue weighted by molar-refractivity contribution is 4.86. The maximum atomic E-state index is 3.48. The Morgan fingerprint density at radius 1 is 1.22 bits per heavy atom. The van der Waals surface area contributed by atoms with Crippen LogP contribution in [0.15, 0.2) is 0 Å². The Bertz CT molecular complexity index is 84.5. The first-order valence-corrected chi connectivity index (χ1v) is 3.65. The van der Waals surface area contributed by atoms with E-state index in [4.69, 9.17) is 0 Å². The highest BCUT2D eigenvalue weighted by Gasteiger charge is 2.23. The van der Waals surface area contributed by atoms with Crippen molar-refractivity contribution in [1.82, 2.24) is 16.0 Å². The minimum atomic E-state index is 0.539. The molecular formula is C6H13N3. The molecule has 0 aromatic carbocycles. The molecule has 0 radical (unpaired) electrons. The first-order chi connectivity index (χ1) is 4.45. The highest BCUT2D eigenvalue weighted by atomic mass is 15.2. The first kappa shape index (κ1) is 5.65. The first-order valence-electron chi connectivity index (χ1n) is 3.65. The number of hydrogen-bond acceptors (Lipinski definition) is 3. The van der Waals surface area contributed by atoms with Crippen LogP contribution in [0.3, 0.4) is 0 Å². The fourth-order valence-corrected chi connectivity index (χ4v) is 1.55. The van der Waals surface area contributed by atoms with E-state index in [1.54, 1.807) is 0 Å². The molecule has 2 saturated heterocycles. The molecule has 0 amide bonds. The van der Waals surface area contributed by atoms with E-state index in [9.17, 15) is 0 Å². The van der Waals surface area contributed by atoms with Crippen molar-refractivity contribution in [3.05, 3.63) is 0 Å². The smallest absolute Gasteiger partial charge is 0.0703 e. The van der Waals surface area contributed by atoms with E-state index in [-0.39, 0.29) is 0 Å². The molecule has 2 unspecified atom stereocenters. The summed E-state index contributed by atoms with van der Waals surface area (Å²) >= 11 is 0. The van der Waals surface area contributed by atoms with Crippen LogP contribution < -0.4 is 16.0 Å². The molecular weight excluding hydrogens is 114 g/mol. The summed E-state index contributed by atoms with van der Waals surface area (Å²) in [4.78, 5) is 0. The van der Waals surface area contributed by atoms with Gasteiger partial charge in [-0.05, 0) is 13.0 Å². The minimum absolute atomic E-state index is 0.539. The summed E-state index contributed by atoms with van der Waals surface area (Å²) in [6, 6.07) is 0.727. The second kappa shape index (κ2) is 2.25. The average molecular weight is 127 g/mol. The zero-order valence-corrected chi connectivity index (χ0v) is 5.48. The highest BCUT2D eigenvalue weighted by Crippen LogP contribution is 2.01. The van der Waals surface area contributed by atoms with E-state index in [2.05, 4.69) is 16.0 Å². The molecule has 2 rings (SSSR count). The molecule has 2 fully saturated rings. The van der Waals surface area contributed by atoms with Gasteiger partial charge in [0.25, 0.3) is 0 Å². The van der Waals surface area contributed by atoms with Crippen LogP contribution in [0.4, 0.5) is 0 Å². The number of piperazine rings is 1. The lowest BCUT2D eigenvalue weighted by Gasteiger charge is -2.37. The average Bonchev–Trinajstić information content (AvgIpc) is 1.88. The van der Waals surface area contributed by atoms with Gasteiger partial charge in [0.2, 0.25) is 0 Å². The minimum Gasteiger partial charge on any atom is -0.312 e. The van der Waals surface area contributed by atoms with Crippen molar-refractivity contribution in [2.75, 3.05) is 19.6 Å². The van der Waals surface area contributed by atoms with Gasteiger partial charge in [-0.3, -0.25) is 5.32 Å². The van der Waals surface area contributed by atoms with Gasteiger partial charge in [0, 0.05) is 19.1 Å². The summed E-state index contributed by atoms with van der Waals surface area (Å²) in [5.74, 6) is 0. The number of nitrogens with one attached hydrogen (secondary N) is 3. The van der Waals surface area contributed by atoms with Crippen LogP contribution in [0.5, 0.6) is 0 Å². The number of rotatable bonds is 0. The molecule has 2 bridgehead atoms. The van der Waals surface area contributed by atoms with Gasteiger partial charge in [-0.1, -0.05) is 0 Å². The fourth-order valence-electron chi connectivity index (χ4n) is 1.55. The van der Waals surface area contributed by atoms with E-state index in [0.717, 1.165) is 19.1 Å². The maximum absolute atomic E-state index is 3.48. The summed E-state index contributed by atoms with van der Waals surface area (Å²) in [6.45, 7) is 3.42. The topological polar surface area (TPSA) is 36.1 Å². The second-order valence-electron chi connectivity index (χ2n) is 2.82. The zero-order valence-electron chi connectivity index (χ0n) is 5.48. The third kappa shape index (κ3) is 1.08. The monoisotopic (exact) mass is 127 g/mol. The maximum Gasteiger partial charge on any atom is 0.0703 e. The number of hydrogen-bond donors (Lipinski definition) is 3. The van der Waals surface area contributed by atoms with Crippen molar-refractivity contribution < 1.29 is 0 Å².